The number of anilines is 3. The van der Waals surface area contributed by atoms with E-state index < -0.39 is 5.92 Å². The number of hydrogen-bond donors (Lipinski definition) is 1. The number of nitrogens with one attached hydrogen (secondary N) is 1. The number of carbonyl (C=O) groups is 3. The van der Waals surface area contributed by atoms with Gasteiger partial charge >= 0.3 is 0 Å². The topological polar surface area (TPSA) is 69.7 Å². The van der Waals surface area contributed by atoms with Gasteiger partial charge < -0.3 is 15.1 Å². The van der Waals surface area contributed by atoms with Crippen LogP contribution in [0.2, 0.25) is 5.02 Å². The molecule has 1 saturated carbocycles. The number of rotatable bonds is 4. The molecule has 6 nitrogen and oxygen atoms in total. The molecule has 1 unspecified atom stereocenters. The molecule has 1 aliphatic carbocycles. The highest BCUT2D eigenvalue weighted by Gasteiger charge is 2.38. The van der Waals surface area contributed by atoms with E-state index >= 15 is 0 Å². The van der Waals surface area contributed by atoms with Crippen molar-refractivity contribution in [3.63, 3.8) is 0 Å². The predicted octanol–water partition coefficient (Wildman–Crippen LogP) is 3.94. The lowest BCUT2D eigenvalue weighted by molar-refractivity contribution is -0.122. The third kappa shape index (κ3) is 3.81. The van der Waals surface area contributed by atoms with Crippen molar-refractivity contribution < 1.29 is 14.4 Å². The Labute approximate surface area is 186 Å². The summed E-state index contributed by atoms with van der Waals surface area (Å²) in [5.74, 6) is -0.225. The van der Waals surface area contributed by atoms with Crippen LogP contribution in [0.1, 0.15) is 30.4 Å². The Morgan fingerprint density at radius 3 is 2.65 bits per heavy atom. The summed E-state index contributed by atoms with van der Waals surface area (Å²) in [6.45, 7) is 2.93. The molecule has 0 spiro atoms. The van der Waals surface area contributed by atoms with Gasteiger partial charge in [-0.05, 0) is 73.7 Å². The summed E-state index contributed by atoms with van der Waals surface area (Å²) >= 11 is 5.99. The molecular formula is C24H24ClN3O3. The van der Waals surface area contributed by atoms with E-state index in [0.717, 1.165) is 41.8 Å². The SMILES string of the molecule is Cc1cc(Cl)ccc1NC(=O)C1CC(=O)N(c2ccc3c(c2)CCN3C(=O)C2CC2)C1. The van der Waals surface area contributed by atoms with Crippen molar-refractivity contribution in [2.45, 2.75) is 32.6 Å². The van der Waals surface area contributed by atoms with E-state index in [9.17, 15) is 14.4 Å². The number of fused-ring (bicyclic) bond motifs is 1. The van der Waals surface area contributed by atoms with Crippen LogP contribution in [-0.4, -0.2) is 30.8 Å². The maximum atomic E-state index is 12.8. The van der Waals surface area contributed by atoms with E-state index in [1.807, 2.05) is 30.0 Å². The fourth-order valence-electron chi connectivity index (χ4n) is 4.47. The van der Waals surface area contributed by atoms with E-state index in [-0.39, 0.29) is 30.1 Å². The normalized spacial score (nSPS) is 20.2. The molecule has 2 aliphatic heterocycles. The van der Waals surface area contributed by atoms with Crippen LogP contribution in [0.25, 0.3) is 0 Å². The highest BCUT2D eigenvalue weighted by molar-refractivity contribution is 6.30. The van der Waals surface area contributed by atoms with Crippen LogP contribution >= 0.6 is 11.6 Å². The molecule has 2 aromatic rings. The van der Waals surface area contributed by atoms with Crippen molar-refractivity contribution in [1.82, 2.24) is 0 Å². The molecule has 2 aromatic carbocycles. The lowest BCUT2D eigenvalue weighted by atomic mass is 10.1. The highest BCUT2D eigenvalue weighted by atomic mass is 35.5. The van der Waals surface area contributed by atoms with Crippen molar-refractivity contribution in [2.24, 2.45) is 11.8 Å². The van der Waals surface area contributed by atoms with E-state index in [4.69, 9.17) is 11.6 Å². The van der Waals surface area contributed by atoms with Crippen molar-refractivity contribution in [2.75, 3.05) is 28.2 Å². The van der Waals surface area contributed by atoms with Crippen molar-refractivity contribution in [3.8, 4) is 0 Å². The molecule has 7 heteroatoms. The number of amides is 3. The standard InChI is InChI=1S/C24H24ClN3O3/c1-14-10-18(25)4-6-20(14)26-23(30)17-12-22(29)28(13-17)19-5-7-21-16(11-19)8-9-27(21)24(31)15-2-3-15/h4-7,10-11,15,17H,2-3,8-9,12-13H2,1H3,(H,26,30). The third-order valence-corrected chi connectivity index (χ3v) is 6.64. The zero-order valence-corrected chi connectivity index (χ0v) is 18.1. The summed E-state index contributed by atoms with van der Waals surface area (Å²) in [6, 6.07) is 11.1. The van der Waals surface area contributed by atoms with Gasteiger partial charge in [-0.2, -0.15) is 0 Å². The number of carbonyl (C=O) groups excluding carboxylic acids is 3. The Morgan fingerprint density at radius 1 is 1.10 bits per heavy atom. The van der Waals surface area contributed by atoms with Gasteiger partial charge in [-0.1, -0.05) is 11.6 Å². The number of aryl methyl sites for hydroxylation is 1. The van der Waals surface area contributed by atoms with Crippen LogP contribution in [0.4, 0.5) is 17.1 Å². The molecule has 2 heterocycles. The van der Waals surface area contributed by atoms with Gasteiger partial charge in [-0.15, -0.1) is 0 Å². The molecule has 1 N–H and O–H groups in total. The Kier molecular flexibility index (Phi) is 4.97. The Bertz CT molecular complexity index is 1100. The van der Waals surface area contributed by atoms with Gasteiger partial charge in [0, 0.05) is 47.5 Å². The highest BCUT2D eigenvalue weighted by Crippen LogP contribution is 2.38. The Morgan fingerprint density at radius 2 is 1.90 bits per heavy atom. The molecule has 5 rings (SSSR count). The summed E-state index contributed by atoms with van der Waals surface area (Å²) in [5.41, 5.74) is 4.43. The van der Waals surface area contributed by atoms with E-state index in [0.29, 0.717) is 23.8 Å². The van der Waals surface area contributed by atoms with Crippen LogP contribution in [0, 0.1) is 18.8 Å². The summed E-state index contributed by atoms with van der Waals surface area (Å²) in [7, 11) is 0. The van der Waals surface area contributed by atoms with Crippen molar-refractivity contribution in [1.29, 1.82) is 0 Å². The summed E-state index contributed by atoms with van der Waals surface area (Å²) in [5, 5.41) is 3.55. The first-order valence-corrected chi connectivity index (χ1v) is 11.1. The minimum atomic E-state index is -0.413. The molecule has 3 aliphatic rings. The maximum Gasteiger partial charge on any atom is 0.230 e. The second-order valence-electron chi connectivity index (χ2n) is 8.68. The predicted molar refractivity (Wildman–Crippen MR) is 121 cm³/mol. The van der Waals surface area contributed by atoms with Gasteiger partial charge in [0.15, 0.2) is 0 Å². The molecule has 0 radical (unpaired) electrons. The molecule has 0 bridgehead atoms. The number of hydrogen-bond acceptors (Lipinski definition) is 3. The van der Waals surface area contributed by atoms with Crippen LogP contribution in [0.15, 0.2) is 36.4 Å². The lowest BCUT2D eigenvalue weighted by Gasteiger charge is -2.20. The first-order chi connectivity index (χ1) is 14.9. The monoisotopic (exact) mass is 437 g/mol. The minimum Gasteiger partial charge on any atom is -0.326 e. The Balaban J connectivity index is 1.29. The number of nitrogens with zero attached hydrogens (tertiary/aromatic N) is 2. The minimum absolute atomic E-state index is 0.0585. The van der Waals surface area contributed by atoms with Crippen LogP contribution in [0.3, 0.4) is 0 Å². The van der Waals surface area contributed by atoms with Gasteiger partial charge in [0.1, 0.15) is 0 Å². The first-order valence-electron chi connectivity index (χ1n) is 10.7. The maximum absolute atomic E-state index is 12.8. The van der Waals surface area contributed by atoms with Crippen LogP contribution in [-0.2, 0) is 20.8 Å². The molecular weight excluding hydrogens is 414 g/mol. The fourth-order valence-corrected chi connectivity index (χ4v) is 4.70. The van der Waals surface area contributed by atoms with Gasteiger partial charge in [-0.3, -0.25) is 14.4 Å². The quantitative estimate of drug-likeness (QED) is 0.787. The average molecular weight is 438 g/mol. The van der Waals surface area contributed by atoms with Gasteiger partial charge in [0.05, 0.1) is 5.92 Å². The molecule has 1 atom stereocenters. The molecule has 31 heavy (non-hydrogen) atoms. The summed E-state index contributed by atoms with van der Waals surface area (Å²) < 4.78 is 0. The fraction of sp³-hybridized carbons (Fsp3) is 0.375. The van der Waals surface area contributed by atoms with E-state index in [2.05, 4.69) is 5.32 Å². The van der Waals surface area contributed by atoms with Crippen LogP contribution in [0.5, 0.6) is 0 Å². The van der Waals surface area contributed by atoms with Gasteiger partial charge in [0.2, 0.25) is 17.7 Å². The van der Waals surface area contributed by atoms with Gasteiger partial charge in [-0.25, -0.2) is 0 Å². The molecule has 160 valence electrons. The smallest absolute Gasteiger partial charge is 0.230 e. The molecule has 1 saturated heterocycles. The van der Waals surface area contributed by atoms with E-state index in [1.165, 1.54) is 0 Å². The van der Waals surface area contributed by atoms with E-state index in [1.54, 1.807) is 23.1 Å². The first kappa shape index (κ1) is 20.1. The molecule has 3 amide bonds. The van der Waals surface area contributed by atoms with Crippen molar-refractivity contribution in [3.05, 3.63) is 52.5 Å². The lowest BCUT2D eigenvalue weighted by Crippen LogP contribution is -2.30. The second kappa shape index (κ2) is 7.68. The molecule has 2 fully saturated rings. The third-order valence-electron chi connectivity index (χ3n) is 6.41. The zero-order chi connectivity index (χ0) is 21.7. The van der Waals surface area contributed by atoms with Gasteiger partial charge in [0.25, 0.3) is 0 Å². The average Bonchev–Trinajstić information content (AvgIpc) is 3.40. The molecule has 0 aromatic heterocycles. The Hall–Kier alpha value is -2.86. The summed E-state index contributed by atoms with van der Waals surface area (Å²) in [6.07, 6.45) is 2.96. The zero-order valence-electron chi connectivity index (χ0n) is 17.4. The largest absolute Gasteiger partial charge is 0.326 e. The number of halogens is 1. The van der Waals surface area contributed by atoms with Crippen LogP contribution < -0.4 is 15.1 Å². The van der Waals surface area contributed by atoms with Crippen molar-refractivity contribution >= 4 is 46.4 Å². The second-order valence-corrected chi connectivity index (χ2v) is 9.12. The number of benzene rings is 2. The summed E-state index contributed by atoms with van der Waals surface area (Å²) in [4.78, 5) is 41.5.